The molecule has 226 valence electrons. The van der Waals surface area contributed by atoms with Crippen molar-refractivity contribution in [3.05, 3.63) is 106 Å². The summed E-state index contributed by atoms with van der Waals surface area (Å²) in [6.45, 7) is 4.35. The van der Waals surface area contributed by atoms with Crippen molar-refractivity contribution in [3.8, 4) is 22.9 Å². The van der Waals surface area contributed by atoms with Gasteiger partial charge in [-0.1, -0.05) is 30.3 Å². The Morgan fingerprint density at radius 3 is 2.32 bits per heavy atom. The van der Waals surface area contributed by atoms with Crippen LogP contribution in [0.4, 0.5) is 8.78 Å². The molecule has 1 N–H and O–H groups in total. The van der Waals surface area contributed by atoms with Crippen LogP contribution < -0.4 is 14.8 Å². The van der Waals surface area contributed by atoms with E-state index in [1.807, 2.05) is 44.2 Å². The van der Waals surface area contributed by atoms with Crippen LogP contribution in [-0.2, 0) is 24.3 Å². The summed E-state index contributed by atoms with van der Waals surface area (Å²) < 4.78 is 40.5. The summed E-state index contributed by atoms with van der Waals surface area (Å²) in [5.74, 6) is -1.05. The molecule has 3 aromatic carbocycles. The molecule has 8 nitrogen and oxygen atoms in total. The van der Waals surface area contributed by atoms with Gasteiger partial charge in [0.05, 0.1) is 55.7 Å². The zero-order valence-electron chi connectivity index (χ0n) is 24.9. The van der Waals surface area contributed by atoms with E-state index in [0.717, 1.165) is 28.8 Å². The molecular weight excluding hydrogens is 566 g/mol. The van der Waals surface area contributed by atoms with E-state index in [1.165, 1.54) is 6.07 Å². The highest BCUT2D eigenvalue weighted by Gasteiger charge is 2.38. The maximum absolute atomic E-state index is 14.9. The number of nitrogens with one attached hydrogen (secondary N) is 1. The smallest absolute Gasteiger partial charge is 0.258 e. The highest BCUT2D eigenvalue weighted by atomic mass is 19.1. The number of rotatable bonds is 8. The van der Waals surface area contributed by atoms with E-state index in [4.69, 9.17) is 9.47 Å². The molecule has 1 saturated heterocycles. The van der Waals surface area contributed by atoms with Crippen LogP contribution in [0.2, 0.25) is 0 Å². The molecule has 3 heterocycles. The van der Waals surface area contributed by atoms with Gasteiger partial charge in [-0.15, -0.1) is 0 Å². The number of amides is 2. The second kappa shape index (κ2) is 11.3. The number of aromatic nitrogens is 2. The van der Waals surface area contributed by atoms with Crippen LogP contribution >= 0.6 is 0 Å². The van der Waals surface area contributed by atoms with Crippen LogP contribution in [0.5, 0.6) is 11.5 Å². The fraction of sp³-hybridized carbons (Fsp3) is 0.294. The lowest BCUT2D eigenvalue weighted by atomic mass is 9.90. The molecule has 0 radical (unpaired) electrons. The monoisotopic (exact) mass is 598 g/mol. The van der Waals surface area contributed by atoms with Crippen molar-refractivity contribution in [3.63, 3.8) is 0 Å². The number of hydrogen-bond donors (Lipinski definition) is 1. The van der Waals surface area contributed by atoms with Gasteiger partial charge in [0.1, 0.15) is 23.1 Å². The first kappa shape index (κ1) is 29.2. The SMILES string of the molecule is COc1ccc(CN2Cc3nc(-c4c(F)cccc4F)nc(Cc4ccc([C@H]5CC(C)(C)NC5=O)cc4)c3C2=O)c(OC)c1. The minimum atomic E-state index is -0.790. The summed E-state index contributed by atoms with van der Waals surface area (Å²) >= 11 is 0. The van der Waals surface area contributed by atoms with Gasteiger partial charge in [-0.2, -0.15) is 0 Å². The van der Waals surface area contributed by atoms with Crippen LogP contribution in [0, 0.1) is 11.6 Å². The normalized spacial score (nSPS) is 17.0. The van der Waals surface area contributed by atoms with E-state index < -0.39 is 11.6 Å². The van der Waals surface area contributed by atoms with Gasteiger partial charge < -0.3 is 19.7 Å². The first-order valence-electron chi connectivity index (χ1n) is 14.3. The lowest BCUT2D eigenvalue weighted by Crippen LogP contribution is -2.34. The van der Waals surface area contributed by atoms with Crippen molar-refractivity contribution in [2.75, 3.05) is 14.2 Å². The van der Waals surface area contributed by atoms with E-state index in [2.05, 4.69) is 15.3 Å². The van der Waals surface area contributed by atoms with E-state index in [9.17, 15) is 18.4 Å². The molecule has 0 spiro atoms. The van der Waals surface area contributed by atoms with Crippen LogP contribution in [0.3, 0.4) is 0 Å². The molecule has 0 bridgehead atoms. The number of methoxy groups -OCH3 is 2. The molecule has 0 saturated carbocycles. The molecule has 0 unspecified atom stereocenters. The van der Waals surface area contributed by atoms with Crippen LogP contribution in [-0.4, -0.2) is 46.4 Å². The fourth-order valence-electron chi connectivity index (χ4n) is 6.00. The second-order valence-corrected chi connectivity index (χ2v) is 11.8. The van der Waals surface area contributed by atoms with Crippen molar-refractivity contribution in [2.24, 2.45) is 0 Å². The highest BCUT2D eigenvalue weighted by Crippen LogP contribution is 2.35. The third-order valence-electron chi connectivity index (χ3n) is 8.19. The maximum atomic E-state index is 14.9. The molecule has 1 atom stereocenters. The molecular formula is C34H32F2N4O4. The molecule has 1 aromatic heterocycles. The number of carbonyl (C=O) groups is 2. The Morgan fingerprint density at radius 2 is 1.68 bits per heavy atom. The van der Waals surface area contributed by atoms with Gasteiger partial charge in [-0.3, -0.25) is 9.59 Å². The Kier molecular flexibility index (Phi) is 7.53. The standard InChI is InChI=1S/C34H32F2N4O4/c1-34(2)16-23(32(41)39-34)20-10-8-19(9-11-20)14-26-30-27(38-31(37-26)29-24(35)6-5-7-25(29)36)18-40(33(30)42)17-21-12-13-22(43-3)15-28(21)44-4/h5-13,15,23H,14,16-18H2,1-4H3,(H,39,41)/t23-/m1/s1. The predicted molar refractivity (Wildman–Crippen MR) is 159 cm³/mol. The summed E-state index contributed by atoms with van der Waals surface area (Å²) in [5, 5.41) is 3.02. The Bertz CT molecular complexity index is 1750. The first-order chi connectivity index (χ1) is 21.1. The van der Waals surface area contributed by atoms with Gasteiger partial charge in [0.2, 0.25) is 5.91 Å². The van der Waals surface area contributed by atoms with Gasteiger partial charge in [0, 0.05) is 23.6 Å². The van der Waals surface area contributed by atoms with Crippen molar-refractivity contribution in [2.45, 2.75) is 51.2 Å². The maximum Gasteiger partial charge on any atom is 0.258 e. The number of fused-ring (bicyclic) bond motifs is 1. The largest absolute Gasteiger partial charge is 0.497 e. The molecule has 2 aliphatic heterocycles. The van der Waals surface area contributed by atoms with Crippen LogP contribution in [0.15, 0.2) is 60.7 Å². The number of benzene rings is 3. The summed E-state index contributed by atoms with van der Waals surface area (Å²) in [6.07, 6.45) is 0.910. The van der Waals surface area contributed by atoms with E-state index in [-0.39, 0.29) is 54.2 Å². The van der Waals surface area contributed by atoms with Crippen molar-refractivity contribution in [1.82, 2.24) is 20.2 Å². The minimum absolute atomic E-state index is 0.00731. The van der Waals surface area contributed by atoms with E-state index in [1.54, 1.807) is 31.3 Å². The van der Waals surface area contributed by atoms with E-state index in [0.29, 0.717) is 34.9 Å². The molecule has 10 heteroatoms. The van der Waals surface area contributed by atoms with Gasteiger partial charge in [0.15, 0.2) is 5.82 Å². The lowest BCUT2D eigenvalue weighted by Gasteiger charge is -2.18. The number of ether oxygens (including phenoxy) is 2. The first-order valence-corrected chi connectivity index (χ1v) is 14.3. The average Bonchev–Trinajstić information content (AvgIpc) is 3.46. The Labute approximate surface area is 254 Å². The average molecular weight is 599 g/mol. The zero-order chi connectivity index (χ0) is 31.2. The molecule has 2 aliphatic rings. The summed E-state index contributed by atoms with van der Waals surface area (Å²) in [5.41, 5.74) is 2.95. The van der Waals surface area contributed by atoms with Crippen LogP contribution in [0.25, 0.3) is 11.4 Å². The third kappa shape index (κ3) is 5.47. The Morgan fingerprint density at radius 1 is 0.955 bits per heavy atom. The van der Waals surface area contributed by atoms with Gasteiger partial charge in [-0.25, -0.2) is 18.7 Å². The van der Waals surface area contributed by atoms with Crippen molar-refractivity contribution < 1.29 is 27.8 Å². The minimum Gasteiger partial charge on any atom is -0.497 e. The van der Waals surface area contributed by atoms with Gasteiger partial charge >= 0.3 is 0 Å². The highest BCUT2D eigenvalue weighted by molar-refractivity contribution is 5.99. The molecule has 4 aromatic rings. The van der Waals surface area contributed by atoms with Crippen molar-refractivity contribution in [1.29, 1.82) is 0 Å². The third-order valence-corrected chi connectivity index (χ3v) is 8.19. The summed E-state index contributed by atoms with van der Waals surface area (Å²) in [6, 6.07) is 16.5. The Hall–Kier alpha value is -4.86. The molecule has 44 heavy (non-hydrogen) atoms. The van der Waals surface area contributed by atoms with E-state index >= 15 is 0 Å². The number of hydrogen-bond acceptors (Lipinski definition) is 6. The number of carbonyl (C=O) groups excluding carboxylic acids is 2. The molecule has 6 rings (SSSR count). The molecule has 2 amide bonds. The predicted octanol–water partition coefficient (Wildman–Crippen LogP) is 5.57. The second-order valence-electron chi connectivity index (χ2n) is 11.8. The Balaban J connectivity index is 1.35. The topological polar surface area (TPSA) is 93.6 Å². The molecule has 0 aliphatic carbocycles. The quantitative estimate of drug-likeness (QED) is 0.285. The summed E-state index contributed by atoms with van der Waals surface area (Å²) in [4.78, 5) is 37.1. The van der Waals surface area contributed by atoms with Gasteiger partial charge in [0.25, 0.3) is 5.91 Å². The number of halogens is 2. The zero-order valence-corrected chi connectivity index (χ0v) is 24.9. The summed E-state index contributed by atoms with van der Waals surface area (Å²) in [7, 11) is 3.11. The molecule has 1 fully saturated rings. The van der Waals surface area contributed by atoms with Crippen LogP contribution in [0.1, 0.15) is 64.6 Å². The fourth-order valence-corrected chi connectivity index (χ4v) is 6.00. The van der Waals surface area contributed by atoms with Crippen molar-refractivity contribution >= 4 is 11.8 Å². The number of nitrogens with zero attached hydrogens (tertiary/aromatic N) is 3. The van der Waals surface area contributed by atoms with Gasteiger partial charge in [-0.05, 0) is 55.7 Å². The lowest BCUT2D eigenvalue weighted by molar-refractivity contribution is -0.120.